The summed E-state index contributed by atoms with van der Waals surface area (Å²) < 4.78 is 0. The fourth-order valence-corrected chi connectivity index (χ4v) is 3.73. The first-order valence-corrected chi connectivity index (χ1v) is 7.54. The third kappa shape index (κ3) is 2.75. The Balaban J connectivity index is 2.12. The molecule has 1 N–H and O–H groups in total. The van der Waals surface area contributed by atoms with Crippen molar-refractivity contribution in [1.82, 2.24) is 4.90 Å². The molecule has 1 aromatic heterocycles. The number of hydrogen-bond acceptors (Lipinski definition) is 3. The minimum atomic E-state index is -0.699. The van der Waals surface area contributed by atoms with Crippen molar-refractivity contribution in [2.24, 2.45) is 5.92 Å². The summed E-state index contributed by atoms with van der Waals surface area (Å²) in [6.45, 7) is 5.47. The SMILES string of the molecule is CCN(CC(C)C(=O)O)C1CCCc2sccc21. The maximum absolute atomic E-state index is 11.0. The van der Waals surface area contributed by atoms with Gasteiger partial charge in [0.1, 0.15) is 0 Å². The number of aliphatic carboxylic acids is 1. The Morgan fingerprint density at radius 2 is 2.44 bits per heavy atom. The summed E-state index contributed by atoms with van der Waals surface area (Å²) in [4.78, 5) is 14.8. The van der Waals surface area contributed by atoms with Crippen LogP contribution in [0.5, 0.6) is 0 Å². The maximum atomic E-state index is 11.0. The topological polar surface area (TPSA) is 40.5 Å². The van der Waals surface area contributed by atoms with Crippen LogP contribution in [0.2, 0.25) is 0 Å². The second-order valence-electron chi connectivity index (χ2n) is 5.03. The molecular formula is C14H21NO2S. The highest BCUT2D eigenvalue weighted by molar-refractivity contribution is 7.10. The van der Waals surface area contributed by atoms with Crippen molar-refractivity contribution in [1.29, 1.82) is 0 Å². The van der Waals surface area contributed by atoms with Gasteiger partial charge in [0.2, 0.25) is 0 Å². The molecule has 1 heterocycles. The van der Waals surface area contributed by atoms with Crippen LogP contribution in [0, 0.1) is 5.92 Å². The van der Waals surface area contributed by atoms with E-state index in [1.807, 2.05) is 11.3 Å². The van der Waals surface area contributed by atoms with Gasteiger partial charge in [-0.1, -0.05) is 13.8 Å². The predicted octanol–water partition coefficient (Wildman–Crippen LogP) is 3.17. The van der Waals surface area contributed by atoms with E-state index in [1.54, 1.807) is 6.92 Å². The molecule has 2 unspecified atom stereocenters. The van der Waals surface area contributed by atoms with Crippen molar-refractivity contribution in [3.63, 3.8) is 0 Å². The molecule has 1 aliphatic rings. The second kappa shape index (κ2) is 5.85. The van der Waals surface area contributed by atoms with E-state index >= 15 is 0 Å². The number of aryl methyl sites for hydroxylation is 1. The molecule has 0 spiro atoms. The third-order valence-corrected chi connectivity index (χ3v) is 4.79. The van der Waals surface area contributed by atoms with Crippen molar-refractivity contribution in [2.45, 2.75) is 39.2 Å². The molecule has 18 heavy (non-hydrogen) atoms. The van der Waals surface area contributed by atoms with Crippen molar-refractivity contribution in [3.8, 4) is 0 Å². The summed E-state index contributed by atoms with van der Waals surface area (Å²) in [6, 6.07) is 2.64. The number of thiophene rings is 1. The van der Waals surface area contributed by atoms with E-state index in [4.69, 9.17) is 5.11 Å². The van der Waals surface area contributed by atoms with E-state index < -0.39 is 5.97 Å². The van der Waals surface area contributed by atoms with E-state index in [1.165, 1.54) is 23.3 Å². The van der Waals surface area contributed by atoms with Crippen LogP contribution in [0.3, 0.4) is 0 Å². The quantitative estimate of drug-likeness (QED) is 0.891. The number of carboxylic acids is 1. The fraction of sp³-hybridized carbons (Fsp3) is 0.643. The Bertz CT molecular complexity index is 416. The van der Waals surface area contributed by atoms with Crippen LogP contribution >= 0.6 is 11.3 Å². The smallest absolute Gasteiger partial charge is 0.307 e. The lowest BCUT2D eigenvalue weighted by atomic mass is 9.92. The van der Waals surface area contributed by atoms with Crippen LogP contribution < -0.4 is 0 Å². The predicted molar refractivity (Wildman–Crippen MR) is 74.0 cm³/mol. The van der Waals surface area contributed by atoms with Crippen molar-refractivity contribution >= 4 is 17.3 Å². The first kappa shape index (κ1) is 13.6. The molecule has 0 fully saturated rings. The molecule has 0 aliphatic heterocycles. The third-order valence-electron chi connectivity index (χ3n) is 3.80. The average Bonchev–Trinajstić information content (AvgIpc) is 2.83. The minimum absolute atomic E-state index is 0.297. The van der Waals surface area contributed by atoms with E-state index in [2.05, 4.69) is 23.3 Å². The molecule has 100 valence electrons. The monoisotopic (exact) mass is 267 g/mol. The highest BCUT2D eigenvalue weighted by Crippen LogP contribution is 2.37. The van der Waals surface area contributed by atoms with Gasteiger partial charge in [0.05, 0.1) is 5.92 Å². The van der Waals surface area contributed by atoms with Gasteiger partial charge in [0, 0.05) is 17.5 Å². The van der Waals surface area contributed by atoms with Crippen LogP contribution in [0.25, 0.3) is 0 Å². The zero-order chi connectivity index (χ0) is 13.1. The van der Waals surface area contributed by atoms with Gasteiger partial charge in [0.25, 0.3) is 0 Å². The Kier molecular flexibility index (Phi) is 4.40. The molecule has 1 aliphatic carbocycles. The summed E-state index contributed by atoms with van der Waals surface area (Å²) in [7, 11) is 0. The number of carboxylic acid groups (broad SMARTS) is 1. The molecule has 0 amide bonds. The molecule has 0 aromatic carbocycles. The van der Waals surface area contributed by atoms with E-state index in [9.17, 15) is 4.79 Å². The van der Waals surface area contributed by atoms with Gasteiger partial charge in [-0.25, -0.2) is 0 Å². The van der Waals surface area contributed by atoms with E-state index in [0.717, 1.165) is 13.0 Å². The lowest BCUT2D eigenvalue weighted by molar-refractivity contribution is -0.142. The Morgan fingerprint density at radius 1 is 1.67 bits per heavy atom. The first-order valence-electron chi connectivity index (χ1n) is 6.66. The van der Waals surface area contributed by atoms with Gasteiger partial charge in [-0.15, -0.1) is 11.3 Å². The zero-order valence-electron chi connectivity index (χ0n) is 11.1. The molecule has 4 heteroatoms. The number of nitrogens with zero attached hydrogens (tertiary/aromatic N) is 1. The highest BCUT2D eigenvalue weighted by atomic mass is 32.1. The van der Waals surface area contributed by atoms with Crippen molar-refractivity contribution < 1.29 is 9.90 Å². The lowest BCUT2D eigenvalue weighted by Crippen LogP contribution is -2.36. The van der Waals surface area contributed by atoms with E-state index in [-0.39, 0.29) is 5.92 Å². The Morgan fingerprint density at radius 3 is 3.11 bits per heavy atom. The lowest BCUT2D eigenvalue weighted by Gasteiger charge is -2.34. The molecule has 0 saturated heterocycles. The Labute approximate surface area is 112 Å². The molecular weight excluding hydrogens is 246 g/mol. The summed E-state index contributed by atoms with van der Waals surface area (Å²) in [5, 5.41) is 11.2. The molecule has 2 atom stereocenters. The van der Waals surface area contributed by atoms with Crippen LogP contribution in [0.15, 0.2) is 11.4 Å². The van der Waals surface area contributed by atoms with Crippen LogP contribution in [-0.4, -0.2) is 29.1 Å². The van der Waals surface area contributed by atoms with Gasteiger partial charge < -0.3 is 5.11 Å². The maximum Gasteiger partial charge on any atom is 0.307 e. The summed E-state index contributed by atoms with van der Waals surface area (Å²) in [5.41, 5.74) is 1.44. The van der Waals surface area contributed by atoms with Gasteiger partial charge in [-0.3, -0.25) is 9.69 Å². The first-order chi connectivity index (χ1) is 8.63. The summed E-state index contributed by atoms with van der Waals surface area (Å²) >= 11 is 1.84. The highest BCUT2D eigenvalue weighted by Gasteiger charge is 2.27. The number of carbonyl (C=O) groups is 1. The van der Waals surface area contributed by atoms with Crippen molar-refractivity contribution in [3.05, 3.63) is 21.9 Å². The normalized spacial score (nSPS) is 20.7. The van der Waals surface area contributed by atoms with Crippen LogP contribution in [-0.2, 0) is 11.2 Å². The van der Waals surface area contributed by atoms with Gasteiger partial charge >= 0.3 is 5.97 Å². The standard InChI is InChI=1S/C14H21NO2S/c1-3-15(9-10(2)14(16)17)12-5-4-6-13-11(12)7-8-18-13/h7-8,10,12H,3-6,9H2,1-2H3,(H,16,17). The number of rotatable bonds is 5. The fourth-order valence-electron chi connectivity index (χ4n) is 2.75. The molecule has 2 rings (SSSR count). The van der Waals surface area contributed by atoms with Gasteiger partial charge in [-0.05, 0) is 42.8 Å². The second-order valence-corrected chi connectivity index (χ2v) is 6.03. The van der Waals surface area contributed by atoms with E-state index in [0.29, 0.717) is 12.6 Å². The zero-order valence-corrected chi connectivity index (χ0v) is 11.9. The summed E-state index contributed by atoms with van der Waals surface area (Å²) in [6.07, 6.45) is 3.57. The Hall–Kier alpha value is -0.870. The van der Waals surface area contributed by atoms with Crippen molar-refractivity contribution in [2.75, 3.05) is 13.1 Å². The number of hydrogen-bond donors (Lipinski definition) is 1. The summed E-state index contributed by atoms with van der Waals surface area (Å²) in [5.74, 6) is -0.997. The molecule has 0 radical (unpaired) electrons. The largest absolute Gasteiger partial charge is 0.481 e. The van der Waals surface area contributed by atoms with Crippen LogP contribution in [0.4, 0.5) is 0 Å². The number of fused-ring (bicyclic) bond motifs is 1. The average molecular weight is 267 g/mol. The molecule has 0 bridgehead atoms. The molecule has 3 nitrogen and oxygen atoms in total. The van der Waals surface area contributed by atoms with Gasteiger partial charge in [-0.2, -0.15) is 0 Å². The van der Waals surface area contributed by atoms with Crippen LogP contribution in [0.1, 0.15) is 43.2 Å². The minimum Gasteiger partial charge on any atom is -0.481 e. The molecule has 0 saturated carbocycles. The van der Waals surface area contributed by atoms with Gasteiger partial charge in [0.15, 0.2) is 0 Å². The molecule has 1 aromatic rings.